The van der Waals surface area contributed by atoms with Crippen molar-refractivity contribution in [3.63, 3.8) is 0 Å². The van der Waals surface area contributed by atoms with Gasteiger partial charge in [-0.15, -0.1) is 0 Å². The number of hydrogen-bond donors (Lipinski definition) is 2. The van der Waals surface area contributed by atoms with Gasteiger partial charge in [-0.1, -0.05) is 51.0 Å². The van der Waals surface area contributed by atoms with E-state index in [0.29, 0.717) is 29.3 Å². The van der Waals surface area contributed by atoms with Crippen LogP contribution in [0.15, 0.2) is 48.5 Å². The van der Waals surface area contributed by atoms with Gasteiger partial charge in [-0.25, -0.2) is 0 Å². The van der Waals surface area contributed by atoms with Crippen LogP contribution in [0.2, 0.25) is 0 Å². The highest BCUT2D eigenvalue weighted by atomic mass is 16.5. The molecule has 0 heterocycles. The van der Waals surface area contributed by atoms with Gasteiger partial charge >= 0.3 is 0 Å². The number of methoxy groups -OCH3 is 1. The van der Waals surface area contributed by atoms with Gasteiger partial charge in [0.1, 0.15) is 0 Å². The van der Waals surface area contributed by atoms with Gasteiger partial charge in [0.2, 0.25) is 0 Å². The fourth-order valence-electron chi connectivity index (χ4n) is 3.47. The molecule has 2 aromatic rings. The molecule has 0 spiro atoms. The summed E-state index contributed by atoms with van der Waals surface area (Å²) in [4.78, 5) is 25.0. The Kier molecular flexibility index (Phi) is 8.87. The van der Waals surface area contributed by atoms with Gasteiger partial charge in [-0.05, 0) is 49.1 Å². The molecule has 5 nitrogen and oxygen atoms in total. The molecule has 29 heavy (non-hydrogen) atoms. The molecular weight excluding hydrogens is 364 g/mol. The Bertz CT molecular complexity index is 801. The monoisotopic (exact) mass is 396 g/mol. The summed E-state index contributed by atoms with van der Waals surface area (Å²) >= 11 is 0. The van der Waals surface area contributed by atoms with Crippen LogP contribution in [0.1, 0.15) is 59.4 Å². The SMILES string of the molecule is CCC(CC)[C@H](CCNC(=O)c1ccc(C)c(NC(=O)c2ccccc2)c1)OC. The average molecular weight is 397 g/mol. The van der Waals surface area contributed by atoms with E-state index >= 15 is 0 Å². The average Bonchev–Trinajstić information content (AvgIpc) is 2.75. The van der Waals surface area contributed by atoms with Crippen LogP contribution in [0.25, 0.3) is 0 Å². The number of benzene rings is 2. The second kappa shape index (κ2) is 11.4. The van der Waals surface area contributed by atoms with Crippen LogP contribution in [0, 0.1) is 12.8 Å². The Morgan fingerprint density at radius 1 is 0.966 bits per heavy atom. The highest BCUT2D eigenvalue weighted by Gasteiger charge is 2.18. The first-order chi connectivity index (χ1) is 14.0. The molecule has 2 aromatic carbocycles. The molecule has 2 rings (SSSR count). The van der Waals surface area contributed by atoms with Gasteiger partial charge in [0.15, 0.2) is 0 Å². The lowest BCUT2D eigenvalue weighted by Gasteiger charge is -2.24. The van der Waals surface area contributed by atoms with Crippen LogP contribution in [0.4, 0.5) is 5.69 Å². The zero-order chi connectivity index (χ0) is 21.2. The summed E-state index contributed by atoms with van der Waals surface area (Å²) in [5.41, 5.74) is 2.64. The topological polar surface area (TPSA) is 67.4 Å². The van der Waals surface area contributed by atoms with Crippen molar-refractivity contribution in [2.75, 3.05) is 19.0 Å². The lowest BCUT2D eigenvalue weighted by atomic mass is 9.94. The molecule has 156 valence electrons. The molecule has 0 aliphatic heterocycles. The fourth-order valence-corrected chi connectivity index (χ4v) is 3.47. The summed E-state index contributed by atoms with van der Waals surface area (Å²) < 4.78 is 5.60. The van der Waals surface area contributed by atoms with Gasteiger partial charge in [0.25, 0.3) is 11.8 Å². The minimum Gasteiger partial charge on any atom is -0.381 e. The summed E-state index contributed by atoms with van der Waals surface area (Å²) in [5.74, 6) is 0.148. The van der Waals surface area contributed by atoms with E-state index in [4.69, 9.17) is 4.74 Å². The minimum absolute atomic E-state index is 0.143. The number of amides is 2. The third kappa shape index (κ3) is 6.43. The van der Waals surface area contributed by atoms with Gasteiger partial charge in [0, 0.05) is 30.5 Å². The summed E-state index contributed by atoms with van der Waals surface area (Å²) in [5, 5.41) is 5.86. The van der Waals surface area contributed by atoms with Crippen molar-refractivity contribution in [2.24, 2.45) is 5.92 Å². The van der Waals surface area contributed by atoms with Gasteiger partial charge in [-0.3, -0.25) is 9.59 Å². The van der Waals surface area contributed by atoms with E-state index in [2.05, 4.69) is 24.5 Å². The second-order valence-corrected chi connectivity index (χ2v) is 7.25. The van der Waals surface area contributed by atoms with E-state index in [-0.39, 0.29) is 17.9 Å². The molecule has 0 fully saturated rings. The first kappa shape index (κ1) is 22.6. The predicted molar refractivity (Wildman–Crippen MR) is 117 cm³/mol. The molecule has 0 aromatic heterocycles. The number of carbonyl (C=O) groups excluding carboxylic acids is 2. The van der Waals surface area contributed by atoms with Gasteiger partial charge in [0.05, 0.1) is 6.10 Å². The third-order valence-electron chi connectivity index (χ3n) is 5.38. The molecule has 0 radical (unpaired) electrons. The molecule has 0 unspecified atom stereocenters. The summed E-state index contributed by atoms with van der Waals surface area (Å²) in [6.07, 6.45) is 3.04. The lowest BCUT2D eigenvalue weighted by Crippen LogP contribution is -2.31. The van der Waals surface area contributed by atoms with Crippen molar-refractivity contribution in [2.45, 2.75) is 46.1 Å². The normalized spacial score (nSPS) is 11.9. The van der Waals surface area contributed by atoms with Crippen LogP contribution in [0.5, 0.6) is 0 Å². The van der Waals surface area contributed by atoms with Gasteiger partial charge < -0.3 is 15.4 Å². The number of carbonyl (C=O) groups is 2. The minimum atomic E-state index is -0.195. The highest BCUT2D eigenvalue weighted by molar-refractivity contribution is 6.05. The molecular formula is C24H32N2O3. The fraction of sp³-hybridized carbons (Fsp3) is 0.417. The molecule has 0 aliphatic carbocycles. The predicted octanol–water partition coefficient (Wildman–Crippen LogP) is 4.82. The first-order valence-corrected chi connectivity index (χ1v) is 10.3. The number of rotatable bonds is 10. The van der Waals surface area contributed by atoms with Crippen LogP contribution in [-0.4, -0.2) is 31.6 Å². The third-order valence-corrected chi connectivity index (χ3v) is 5.38. The molecule has 0 saturated heterocycles. The largest absolute Gasteiger partial charge is 0.381 e. The Balaban J connectivity index is 1.99. The molecule has 0 bridgehead atoms. The molecule has 2 amide bonds. The van der Waals surface area contributed by atoms with E-state index in [1.54, 1.807) is 31.4 Å². The Hall–Kier alpha value is -2.66. The van der Waals surface area contributed by atoms with Crippen molar-refractivity contribution in [1.82, 2.24) is 5.32 Å². The Morgan fingerprint density at radius 2 is 1.66 bits per heavy atom. The van der Waals surface area contributed by atoms with E-state index in [1.165, 1.54) is 0 Å². The van der Waals surface area contributed by atoms with E-state index in [0.717, 1.165) is 24.8 Å². The first-order valence-electron chi connectivity index (χ1n) is 10.3. The van der Waals surface area contributed by atoms with Crippen LogP contribution in [0.3, 0.4) is 0 Å². The molecule has 0 saturated carbocycles. The summed E-state index contributed by atoms with van der Waals surface area (Å²) in [6, 6.07) is 14.4. The maximum absolute atomic E-state index is 12.6. The van der Waals surface area contributed by atoms with Crippen molar-refractivity contribution in [1.29, 1.82) is 0 Å². The van der Waals surface area contributed by atoms with Crippen molar-refractivity contribution < 1.29 is 14.3 Å². The number of anilines is 1. The van der Waals surface area contributed by atoms with Crippen LogP contribution < -0.4 is 10.6 Å². The Morgan fingerprint density at radius 3 is 2.28 bits per heavy atom. The number of aryl methyl sites for hydroxylation is 1. The second-order valence-electron chi connectivity index (χ2n) is 7.25. The Labute approximate surface area is 173 Å². The van der Waals surface area contributed by atoms with Crippen LogP contribution >= 0.6 is 0 Å². The molecule has 2 N–H and O–H groups in total. The van der Waals surface area contributed by atoms with Crippen LogP contribution in [-0.2, 0) is 4.74 Å². The van der Waals surface area contributed by atoms with E-state index in [9.17, 15) is 9.59 Å². The highest BCUT2D eigenvalue weighted by Crippen LogP contribution is 2.20. The van der Waals surface area contributed by atoms with Crippen molar-refractivity contribution >= 4 is 17.5 Å². The van der Waals surface area contributed by atoms with Crippen molar-refractivity contribution in [3.05, 3.63) is 65.2 Å². The zero-order valence-corrected chi connectivity index (χ0v) is 17.8. The standard InChI is InChI=1S/C24H32N2O3/c1-5-18(6-2)22(29-4)14-15-25-23(27)20-13-12-17(3)21(16-20)26-24(28)19-10-8-7-9-11-19/h7-13,16,18,22H,5-6,14-15H2,1-4H3,(H,25,27)(H,26,28)/t22-/m0/s1. The number of nitrogens with one attached hydrogen (secondary N) is 2. The quantitative estimate of drug-likeness (QED) is 0.605. The smallest absolute Gasteiger partial charge is 0.255 e. The molecule has 5 heteroatoms. The number of hydrogen-bond acceptors (Lipinski definition) is 3. The summed E-state index contributed by atoms with van der Waals surface area (Å²) in [6.45, 7) is 6.78. The maximum Gasteiger partial charge on any atom is 0.255 e. The van der Waals surface area contributed by atoms with E-state index in [1.807, 2.05) is 31.2 Å². The zero-order valence-electron chi connectivity index (χ0n) is 17.8. The summed E-state index contributed by atoms with van der Waals surface area (Å²) in [7, 11) is 1.73. The molecule has 0 aliphatic rings. The van der Waals surface area contributed by atoms with E-state index < -0.39 is 0 Å². The van der Waals surface area contributed by atoms with Crippen molar-refractivity contribution in [3.8, 4) is 0 Å². The molecule has 1 atom stereocenters. The lowest BCUT2D eigenvalue weighted by molar-refractivity contribution is 0.0420. The maximum atomic E-state index is 12.6. The number of ether oxygens (including phenoxy) is 1. The van der Waals surface area contributed by atoms with Gasteiger partial charge in [-0.2, -0.15) is 0 Å².